The number of aryl methyl sites for hydroxylation is 1. The quantitative estimate of drug-likeness (QED) is 0.890. The van der Waals surface area contributed by atoms with E-state index in [1.165, 1.54) is 18.0 Å². The molecule has 6 heteroatoms. The van der Waals surface area contributed by atoms with Gasteiger partial charge in [0, 0.05) is 19.1 Å². The van der Waals surface area contributed by atoms with Crippen LogP contribution in [0, 0.1) is 5.92 Å². The molecule has 0 aromatic carbocycles. The third-order valence-electron chi connectivity index (χ3n) is 3.70. The number of aromatic nitrogens is 2. The molecule has 106 valence electrons. The smallest absolute Gasteiger partial charge is 0.264 e. The van der Waals surface area contributed by atoms with E-state index < -0.39 is 0 Å². The van der Waals surface area contributed by atoms with Crippen molar-refractivity contribution < 1.29 is 4.79 Å². The fourth-order valence-electron chi connectivity index (χ4n) is 2.43. The van der Waals surface area contributed by atoms with Crippen LogP contribution in [-0.4, -0.2) is 46.1 Å². The van der Waals surface area contributed by atoms with Gasteiger partial charge in [0.15, 0.2) is 0 Å². The van der Waals surface area contributed by atoms with Crippen LogP contribution in [0.15, 0.2) is 0 Å². The van der Waals surface area contributed by atoms with Gasteiger partial charge in [-0.3, -0.25) is 4.79 Å². The molecule has 1 aliphatic rings. The van der Waals surface area contributed by atoms with Crippen LogP contribution in [0.3, 0.4) is 0 Å². The van der Waals surface area contributed by atoms with Crippen molar-refractivity contribution in [3.8, 4) is 0 Å². The summed E-state index contributed by atoms with van der Waals surface area (Å²) in [7, 11) is 0. The Morgan fingerprint density at radius 2 is 2.37 bits per heavy atom. The number of nitrogens with one attached hydrogen (secondary N) is 1. The molecule has 1 fully saturated rings. The van der Waals surface area contributed by atoms with Crippen LogP contribution in [0.5, 0.6) is 0 Å². The number of likely N-dealkylation sites (tertiary alicyclic amines) is 1. The molecule has 0 unspecified atom stereocenters. The fourth-order valence-corrected chi connectivity index (χ4v) is 3.09. The average molecular weight is 282 g/mol. The second-order valence-corrected chi connectivity index (χ2v) is 6.11. The molecule has 1 atom stereocenters. The lowest BCUT2D eigenvalue weighted by Gasteiger charge is -2.20. The predicted molar refractivity (Wildman–Crippen MR) is 76.4 cm³/mol. The molecule has 19 heavy (non-hydrogen) atoms. The molecule has 2 rings (SSSR count). The van der Waals surface area contributed by atoms with Crippen LogP contribution >= 0.6 is 11.5 Å². The first-order chi connectivity index (χ1) is 9.11. The van der Waals surface area contributed by atoms with Crippen molar-refractivity contribution in [2.24, 2.45) is 5.92 Å². The molecule has 1 saturated heterocycles. The zero-order valence-corrected chi connectivity index (χ0v) is 12.7. The van der Waals surface area contributed by atoms with Gasteiger partial charge in [-0.15, -0.1) is 5.10 Å². The summed E-state index contributed by atoms with van der Waals surface area (Å²) in [6, 6.07) is 0.595. The highest BCUT2D eigenvalue weighted by Gasteiger charge is 2.25. The summed E-state index contributed by atoms with van der Waals surface area (Å²) in [6.07, 6.45) is 1.92. The Balaban J connectivity index is 1.82. The highest BCUT2D eigenvalue weighted by Crippen LogP contribution is 2.18. The SMILES string of the molecule is CCc1nnsc1C(=O)NC[C@H]1CCN(C(C)C)C1. The van der Waals surface area contributed by atoms with Crippen LogP contribution in [0.1, 0.15) is 42.6 Å². The van der Waals surface area contributed by atoms with E-state index in [0.29, 0.717) is 16.8 Å². The summed E-state index contributed by atoms with van der Waals surface area (Å²) in [5.41, 5.74) is 0.803. The van der Waals surface area contributed by atoms with E-state index in [1.54, 1.807) is 0 Å². The molecule has 0 aliphatic carbocycles. The number of nitrogens with zero attached hydrogens (tertiary/aromatic N) is 3. The number of hydrogen-bond acceptors (Lipinski definition) is 5. The minimum Gasteiger partial charge on any atom is -0.351 e. The largest absolute Gasteiger partial charge is 0.351 e. The number of amides is 1. The maximum Gasteiger partial charge on any atom is 0.264 e. The lowest BCUT2D eigenvalue weighted by molar-refractivity contribution is 0.0950. The van der Waals surface area contributed by atoms with Crippen molar-refractivity contribution >= 4 is 17.4 Å². The zero-order valence-electron chi connectivity index (χ0n) is 11.8. The van der Waals surface area contributed by atoms with Crippen molar-refractivity contribution in [1.29, 1.82) is 0 Å². The fraction of sp³-hybridized carbons (Fsp3) is 0.769. The van der Waals surface area contributed by atoms with E-state index in [9.17, 15) is 4.79 Å². The van der Waals surface area contributed by atoms with Gasteiger partial charge in [-0.2, -0.15) is 0 Å². The lowest BCUT2D eigenvalue weighted by Crippen LogP contribution is -2.33. The van der Waals surface area contributed by atoms with Crippen LogP contribution in [0.25, 0.3) is 0 Å². The minimum atomic E-state index is -0.0187. The molecule has 1 N–H and O–H groups in total. The predicted octanol–water partition coefficient (Wildman–Crippen LogP) is 1.56. The minimum absolute atomic E-state index is 0.0187. The first-order valence-corrected chi connectivity index (χ1v) is 7.72. The third-order valence-corrected chi connectivity index (χ3v) is 4.46. The summed E-state index contributed by atoms with van der Waals surface area (Å²) in [5, 5.41) is 7.00. The molecule has 0 saturated carbocycles. The Hall–Kier alpha value is -1.01. The van der Waals surface area contributed by atoms with Crippen molar-refractivity contribution in [2.75, 3.05) is 19.6 Å². The highest BCUT2D eigenvalue weighted by atomic mass is 32.1. The maximum atomic E-state index is 12.1. The van der Waals surface area contributed by atoms with Crippen molar-refractivity contribution in [3.63, 3.8) is 0 Å². The van der Waals surface area contributed by atoms with Crippen LogP contribution in [0.2, 0.25) is 0 Å². The number of hydrogen-bond donors (Lipinski definition) is 1. The first-order valence-electron chi connectivity index (χ1n) is 6.95. The van der Waals surface area contributed by atoms with Crippen LogP contribution in [-0.2, 0) is 6.42 Å². The van der Waals surface area contributed by atoms with Gasteiger partial charge in [0.05, 0.1) is 5.69 Å². The third kappa shape index (κ3) is 3.51. The van der Waals surface area contributed by atoms with Crippen molar-refractivity contribution in [1.82, 2.24) is 19.8 Å². The van der Waals surface area contributed by atoms with Crippen molar-refractivity contribution in [2.45, 2.75) is 39.7 Å². The average Bonchev–Trinajstić information content (AvgIpc) is 3.04. The summed E-state index contributed by atoms with van der Waals surface area (Å²) in [5.74, 6) is 0.548. The highest BCUT2D eigenvalue weighted by molar-refractivity contribution is 7.08. The Kier molecular flexibility index (Phi) is 4.87. The maximum absolute atomic E-state index is 12.1. The summed E-state index contributed by atoms with van der Waals surface area (Å²) in [6.45, 7) is 9.41. The Labute approximate surface area is 118 Å². The van der Waals surface area contributed by atoms with E-state index in [2.05, 4.69) is 33.7 Å². The molecular weight excluding hydrogens is 260 g/mol. The van der Waals surface area contributed by atoms with Crippen molar-refractivity contribution in [3.05, 3.63) is 10.6 Å². The number of carbonyl (C=O) groups excluding carboxylic acids is 1. The van der Waals surface area contributed by atoms with Crippen LogP contribution in [0.4, 0.5) is 0 Å². The van der Waals surface area contributed by atoms with Gasteiger partial charge in [0.25, 0.3) is 5.91 Å². The molecular formula is C13H22N4OS. The van der Waals surface area contributed by atoms with E-state index in [0.717, 1.165) is 31.7 Å². The second kappa shape index (κ2) is 6.43. The number of carbonyl (C=O) groups is 1. The molecule has 1 aliphatic heterocycles. The second-order valence-electron chi connectivity index (χ2n) is 5.36. The molecule has 0 radical (unpaired) electrons. The van der Waals surface area contributed by atoms with Gasteiger partial charge in [-0.05, 0) is 50.7 Å². The zero-order chi connectivity index (χ0) is 13.8. The molecule has 1 aromatic heterocycles. The molecule has 1 amide bonds. The molecule has 0 spiro atoms. The molecule has 2 heterocycles. The van der Waals surface area contributed by atoms with Gasteiger partial charge in [0.2, 0.25) is 0 Å². The number of rotatable bonds is 5. The summed E-state index contributed by atoms with van der Waals surface area (Å²) in [4.78, 5) is 15.2. The van der Waals surface area contributed by atoms with Gasteiger partial charge < -0.3 is 10.2 Å². The van der Waals surface area contributed by atoms with Gasteiger partial charge in [0.1, 0.15) is 4.88 Å². The standard InChI is InChI=1S/C13H22N4OS/c1-4-11-12(19-16-15-11)13(18)14-7-10-5-6-17(8-10)9(2)3/h9-10H,4-8H2,1-3H3,(H,14,18)/t10-/m1/s1. The van der Waals surface area contributed by atoms with Gasteiger partial charge in [-0.1, -0.05) is 11.4 Å². The first kappa shape index (κ1) is 14.4. The van der Waals surface area contributed by atoms with Crippen LogP contribution < -0.4 is 5.32 Å². The monoisotopic (exact) mass is 282 g/mol. The Bertz CT molecular complexity index is 432. The summed E-state index contributed by atoms with van der Waals surface area (Å²) >= 11 is 1.19. The summed E-state index contributed by atoms with van der Waals surface area (Å²) < 4.78 is 3.85. The molecule has 1 aromatic rings. The van der Waals surface area contributed by atoms with E-state index in [-0.39, 0.29) is 5.91 Å². The van der Waals surface area contributed by atoms with E-state index in [1.807, 2.05) is 6.92 Å². The van der Waals surface area contributed by atoms with Gasteiger partial charge >= 0.3 is 0 Å². The lowest BCUT2D eigenvalue weighted by atomic mass is 10.1. The van der Waals surface area contributed by atoms with Gasteiger partial charge in [-0.25, -0.2) is 0 Å². The van der Waals surface area contributed by atoms with E-state index in [4.69, 9.17) is 0 Å². The molecule has 0 bridgehead atoms. The Morgan fingerprint density at radius 1 is 1.58 bits per heavy atom. The normalized spacial score (nSPS) is 20.1. The van der Waals surface area contributed by atoms with E-state index >= 15 is 0 Å². The Morgan fingerprint density at radius 3 is 3.00 bits per heavy atom. The topological polar surface area (TPSA) is 58.1 Å². The molecule has 5 nitrogen and oxygen atoms in total.